The number of nitrogens with one attached hydrogen (secondary N) is 1. The summed E-state index contributed by atoms with van der Waals surface area (Å²) in [5.74, 6) is 6.45. The molecule has 1 rings (SSSR count). The van der Waals surface area contributed by atoms with E-state index in [1.54, 1.807) is 0 Å². The third-order valence-electron chi connectivity index (χ3n) is 3.97. The molecule has 90 valence electrons. The zero-order valence-electron chi connectivity index (χ0n) is 10.4. The summed E-state index contributed by atoms with van der Waals surface area (Å²) in [6.45, 7) is 8.66. The van der Waals surface area contributed by atoms with Gasteiger partial charge in [0.05, 0.1) is 0 Å². The Morgan fingerprint density at radius 1 is 1.40 bits per heavy atom. The molecule has 1 aliphatic rings. The minimum atomic E-state index is 0.285. The zero-order valence-corrected chi connectivity index (χ0v) is 10.4. The molecule has 0 spiro atoms. The van der Waals surface area contributed by atoms with E-state index in [-0.39, 0.29) is 5.41 Å². The van der Waals surface area contributed by atoms with Crippen molar-refractivity contribution in [2.45, 2.75) is 52.5 Å². The van der Waals surface area contributed by atoms with Crippen molar-refractivity contribution < 1.29 is 4.74 Å². The lowest BCUT2D eigenvalue weighted by atomic mass is 9.76. The maximum Gasteiger partial charge on any atom is 0.0468 e. The molecule has 0 saturated carbocycles. The molecule has 0 amide bonds. The van der Waals surface area contributed by atoms with Gasteiger partial charge < -0.3 is 4.74 Å². The van der Waals surface area contributed by atoms with E-state index in [0.29, 0.717) is 6.04 Å². The Labute approximate surface area is 93.7 Å². The summed E-state index contributed by atoms with van der Waals surface area (Å²) < 4.78 is 5.38. The van der Waals surface area contributed by atoms with Gasteiger partial charge in [0.1, 0.15) is 0 Å². The number of hydrogen-bond donors (Lipinski definition) is 2. The predicted octanol–water partition coefficient (Wildman–Crippen LogP) is 2.07. The summed E-state index contributed by atoms with van der Waals surface area (Å²) in [7, 11) is 0. The van der Waals surface area contributed by atoms with E-state index in [1.165, 1.54) is 19.3 Å². The van der Waals surface area contributed by atoms with Crippen LogP contribution in [-0.4, -0.2) is 19.3 Å². The van der Waals surface area contributed by atoms with E-state index in [2.05, 4.69) is 26.2 Å². The molecule has 0 aromatic rings. The zero-order chi connectivity index (χ0) is 11.3. The summed E-state index contributed by atoms with van der Waals surface area (Å²) in [4.78, 5) is 0. The Hall–Kier alpha value is -0.120. The monoisotopic (exact) mass is 214 g/mol. The Kier molecular flexibility index (Phi) is 5.03. The molecular formula is C12H26N2O. The van der Waals surface area contributed by atoms with E-state index in [0.717, 1.165) is 25.6 Å². The van der Waals surface area contributed by atoms with Gasteiger partial charge in [0, 0.05) is 19.3 Å². The lowest BCUT2D eigenvalue weighted by Gasteiger charge is -2.36. The summed E-state index contributed by atoms with van der Waals surface area (Å²) in [5, 5.41) is 0. The SMILES string of the molecule is CCC(C)(C)C(CC1CCOCC1)NN. The van der Waals surface area contributed by atoms with Gasteiger partial charge in [-0.2, -0.15) is 0 Å². The van der Waals surface area contributed by atoms with Crippen LogP contribution in [0.3, 0.4) is 0 Å². The Bertz CT molecular complexity index is 176. The number of ether oxygens (including phenoxy) is 1. The third-order valence-corrected chi connectivity index (χ3v) is 3.97. The maximum absolute atomic E-state index is 5.67. The Morgan fingerprint density at radius 3 is 2.47 bits per heavy atom. The van der Waals surface area contributed by atoms with Crippen molar-refractivity contribution >= 4 is 0 Å². The van der Waals surface area contributed by atoms with Crippen LogP contribution >= 0.6 is 0 Å². The second kappa shape index (κ2) is 5.83. The van der Waals surface area contributed by atoms with Gasteiger partial charge in [-0.3, -0.25) is 11.3 Å². The van der Waals surface area contributed by atoms with E-state index in [4.69, 9.17) is 10.6 Å². The van der Waals surface area contributed by atoms with E-state index in [1.807, 2.05) is 0 Å². The quantitative estimate of drug-likeness (QED) is 0.544. The average Bonchev–Trinajstić information content (AvgIpc) is 2.27. The standard InChI is InChI=1S/C12H26N2O/c1-4-12(2,3)11(14-13)9-10-5-7-15-8-6-10/h10-11,14H,4-9,13H2,1-3H3. The minimum Gasteiger partial charge on any atom is -0.381 e. The molecule has 0 bridgehead atoms. The van der Waals surface area contributed by atoms with Crippen molar-refractivity contribution in [3.05, 3.63) is 0 Å². The molecule has 1 heterocycles. The normalized spacial score (nSPS) is 21.6. The van der Waals surface area contributed by atoms with Crippen LogP contribution in [0.25, 0.3) is 0 Å². The first-order valence-electron chi connectivity index (χ1n) is 6.14. The molecule has 1 saturated heterocycles. The van der Waals surface area contributed by atoms with E-state index >= 15 is 0 Å². The van der Waals surface area contributed by atoms with Crippen LogP contribution in [0.4, 0.5) is 0 Å². The predicted molar refractivity (Wildman–Crippen MR) is 63.3 cm³/mol. The van der Waals surface area contributed by atoms with Crippen molar-refractivity contribution in [3.63, 3.8) is 0 Å². The highest BCUT2D eigenvalue weighted by atomic mass is 16.5. The fourth-order valence-corrected chi connectivity index (χ4v) is 2.17. The summed E-state index contributed by atoms with van der Waals surface area (Å²) >= 11 is 0. The molecular weight excluding hydrogens is 188 g/mol. The topological polar surface area (TPSA) is 47.3 Å². The number of hydrazine groups is 1. The largest absolute Gasteiger partial charge is 0.381 e. The highest BCUT2D eigenvalue weighted by molar-refractivity contribution is 4.84. The second-order valence-electron chi connectivity index (χ2n) is 5.35. The van der Waals surface area contributed by atoms with Gasteiger partial charge in [0.25, 0.3) is 0 Å². The highest BCUT2D eigenvalue weighted by Crippen LogP contribution is 2.31. The lowest BCUT2D eigenvalue weighted by Crippen LogP contribution is -2.47. The Balaban J connectivity index is 2.44. The highest BCUT2D eigenvalue weighted by Gasteiger charge is 2.29. The smallest absolute Gasteiger partial charge is 0.0468 e. The third kappa shape index (κ3) is 3.74. The van der Waals surface area contributed by atoms with Crippen LogP contribution in [0, 0.1) is 11.3 Å². The van der Waals surface area contributed by atoms with Crippen LogP contribution in [0.15, 0.2) is 0 Å². The van der Waals surface area contributed by atoms with Gasteiger partial charge in [-0.05, 0) is 37.0 Å². The first kappa shape index (κ1) is 12.9. The van der Waals surface area contributed by atoms with Gasteiger partial charge >= 0.3 is 0 Å². The molecule has 3 N–H and O–H groups in total. The van der Waals surface area contributed by atoms with Crippen molar-refractivity contribution in [2.24, 2.45) is 17.2 Å². The van der Waals surface area contributed by atoms with Crippen LogP contribution in [0.2, 0.25) is 0 Å². The first-order chi connectivity index (χ1) is 7.10. The maximum atomic E-state index is 5.67. The molecule has 1 atom stereocenters. The van der Waals surface area contributed by atoms with Crippen LogP contribution in [-0.2, 0) is 4.74 Å². The van der Waals surface area contributed by atoms with Crippen molar-refractivity contribution in [1.29, 1.82) is 0 Å². The fourth-order valence-electron chi connectivity index (χ4n) is 2.17. The molecule has 1 unspecified atom stereocenters. The van der Waals surface area contributed by atoms with Gasteiger partial charge in [-0.15, -0.1) is 0 Å². The average molecular weight is 214 g/mol. The molecule has 0 aromatic heterocycles. The molecule has 0 aliphatic carbocycles. The first-order valence-corrected chi connectivity index (χ1v) is 6.14. The number of rotatable bonds is 5. The minimum absolute atomic E-state index is 0.285. The van der Waals surface area contributed by atoms with Crippen molar-refractivity contribution in [1.82, 2.24) is 5.43 Å². The summed E-state index contributed by atoms with van der Waals surface area (Å²) in [5.41, 5.74) is 3.28. The van der Waals surface area contributed by atoms with Crippen molar-refractivity contribution in [2.75, 3.05) is 13.2 Å². The molecule has 1 aliphatic heterocycles. The summed E-state index contributed by atoms with van der Waals surface area (Å²) in [6.07, 6.45) is 4.72. The number of nitrogens with two attached hydrogens (primary N) is 1. The van der Waals surface area contributed by atoms with Crippen LogP contribution in [0.1, 0.15) is 46.5 Å². The number of hydrogen-bond acceptors (Lipinski definition) is 3. The molecule has 3 heteroatoms. The molecule has 3 nitrogen and oxygen atoms in total. The van der Waals surface area contributed by atoms with Crippen molar-refractivity contribution in [3.8, 4) is 0 Å². The van der Waals surface area contributed by atoms with Gasteiger partial charge in [-0.1, -0.05) is 20.8 Å². The molecule has 15 heavy (non-hydrogen) atoms. The Morgan fingerprint density at radius 2 is 2.00 bits per heavy atom. The van der Waals surface area contributed by atoms with Crippen LogP contribution in [0.5, 0.6) is 0 Å². The van der Waals surface area contributed by atoms with E-state index < -0.39 is 0 Å². The van der Waals surface area contributed by atoms with E-state index in [9.17, 15) is 0 Å². The van der Waals surface area contributed by atoms with Gasteiger partial charge in [0.15, 0.2) is 0 Å². The molecule has 0 aromatic carbocycles. The summed E-state index contributed by atoms with van der Waals surface area (Å²) in [6, 6.07) is 0.422. The molecule has 1 fully saturated rings. The van der Waals surface area contributed by atoms with Gasteiger partial charge in [0.2, 0.25) is 0 Å². The molecule has 0 radical (unpaired) electrons. The van der Waals surface area contributed by atoms with Crippen LogP contribution < -0.4 is 11.3 Å². The fraction of sp³-hybridized carbons (Fsp3) is 1.00. The van der Waals surface area contributed by atoms with Gasteiger partial charge in [-0.25, -0.2) is 0 Å². The lowest BCUT2D eigenvalue weighted by molar-refractivity contribution is 0.0529. The second-order valence-corrected chi connectivity index (χ2v) is 5.35.